The molecule has 0 N–H and O–H groups in total. The molecule has 2 unspecified atom stereocenters. The largest absolute Gasteiger partial charge is 0.400 e. The first-order valence-electron chi connectivity index (χ1n) is 8.42. The van der Waals surface area contributed by atoms with E-state index in [0.717, 1.165) is 24.0 Å². The van der Waals surface area contributed by atoms with Crippen LogP contribution in [0.3, 0.4) is 0 Å². The van der Waals surface area contributed by atoms with Gasteiger partial charge in [0.2, 0.25) is 0 Å². The number of rotatable bonds is 4. The highest BCUT2D eigenvalue weighted by Crippen LogP contribution is 2.51. The van der Waals surface area contributed by atoms with Crippen LogP contribution in [0.15, 0.2) is 48.5 Å². The lowest BCUT2D eigenvalue weighted by atomic mass is 9.78. The standard InChI is InChI=1S/C19H18Cl2F3NO2S/c1-28(26,27)17-11-25(10-13-5-3-2-4-6-13)12-18(17,19(22,23)24)14-7-15(20)9-16(21)8-14/h2-9,17H,10-12H2,1H3. The Bertz CT molecular complexity index is 947. The monoisotopic (exact) mass is 451 g/mol. The molecular formula is C19H18Cl2F3NO2S. The lowest BCUT2D eigenvalue weighted by molar-refractivity contribution is -0.186. The summed E-state index contributed by atoms with van der Waals surface area (Å²) in [4.78, 5) is 1.52. The maximum Gasteiger partial charge on any atom is 0.400 e. The summed E-state index contributed by atoms with van der Waals surface area (Å²) in [5.41, 5.74) is -2.05. The molecule has 2 atom stereocenters. The van der Waals surface area contributed by atoms with Crippen molar-refractivity contribution >= 4 is 33.0 Å². The Morgan fingerprint density at radius 1 is 1.11 bits per heavy atom. The van der Waals surface area contributed by atoms with Crippen LogP contribution in [0.5, 0.6) is 0 Å². The van der Waals surface area contributed by atoms with E-state index in [1.807, 2.05) is 0 Å². The van der Waals surface area contributed by atoms with E-state index < -0.39 is 33.2 Å². The van der Waals surface area contributed by atoms with Gasteiger partial charge in [-0.1, -0.05) is 53.5 Å². The molecule has 3 rings (SSSR count). The zero-order valence-corrected chi connectivity index (χ0v) is 17.2. The van der Waals surface area contributed by atoms with E-state index >= 15 is 0 Å². The molecule has 0 aromatic heterocycles. The molecule has 1 aliphatic heterocycles. The van der Waals surface area contributed by atoms with E-state index in [4.69, 9.17) is 23.2 Å². The van der Waals surface area contributed by atoms with Gasteiger partial charge < -0.3 is 0 Å². The van der Waals surface area contributed by atoms with Crippen LogP contribution in [-0.4, -0.2) is 44.1 Å². The van der Waals surface area contributed by atoms with Crippen molar-refractivity contribution in [3.8, 4) is 0 Å². The van der Waals surface area contributed by atoms with Crippen molar-refractivity contribution in [2.24, 2.45) is 0 Å². The molecule has 152 valence electrons. The van der Waals surface area contributed by atoms with Crippen molar-refractivity contribution < 1.29 is 21.6 Å². The SMILES string of the molecule is CS(=O)(=O)C1CN(Cc2ccccc2)CC1(c1cc(Cl)cc(Cl)c1)C(F)(F)F. The Kier molecular flexibility index (Phi) is 5.75. The third kappa shape index (κ3) is 4.03. The van der Waals surface area contributed by atoms with Gasteiger partial charge in [0, 0.05) is 35.9 Å². The number of nitrogens with zero attached hydrogens (tertiary/aromatic N) is 1. The van der Waals surface area contributed by atoms with Crippen LogP contribution in [0, 0.1) is 0 Å². The highest BCUT2D eigenvalue weighted by Gasteiger charge is 2.67. The molecule has 0 spiro atoms. The molecule has 0 bridgehead atoms. The van der Waals surface area contributed by atoms with Crippen LogP contribution in [0.25, 0.3) is 0 Å². The first-order chi connectivity index (χ1) is 12.9. The maximum atomic E-state index is 14.5. The normalized spacial score (nSPS) is 23.9. The number of halogens is 5. The van der Waals surface area contributed by atoms with Crippen LogP contribution in [0.4, 0.5) is 13.2 Å². The molecule has 0 amide bonds. The van der Waals surface area contributed by atoms with Gasteiger partial charge in [0.15, 0.2) is 9.84 Å². The van der Waals surface area contributed by atoms with Gasteiger partial charge in [0.25, 0.3) is 0 Å². The highest BCUT2D eigenvalue weighted by atomic mass is 35.5. The Hall–Kier alpha value is -1.28. The molecular weight excluding hydrogens is 434 g/mol. The smallest absolute Gasteiger partial charge is 0.296 e. The summed E-state index contributed by atoms with van der Waals surface area (Å²) < 4.78 is 68.3. The van der Waals surface area contributed by atoms with Crippen molar-refractivity contribution in [3.05, 3.63) is 69.7 Å². The predicted molar refractivity (Wildman–Crippen MR) is 105 cm³/mol. The van der Waals surface area contributed by atoms with Crippen LogP contribution in [-0.2, 0) is 21.8 Å². The summed E-state index contributed by atoms with van der Waals surface area (Å²) in [6, 6.07) is 12.6. The molecule has 9 heteroatoms. The quantitative estimate of drug-likeness (QED) is 0.674. The van der Waals surface area contributed by atoms with Gasteiger partial charge in [0.1, 0.15) is 5.41 Å². The molecule has 0 saturated carbocycles. The van der Waals surface area contributed by atoms with Crippen LogP contribution < -0.4 is 0 Å². The van der Waals surface area contributed by atoms with E-state index in [-0.39, 0.29) is 28.7 Å². The van der Waals surface area contributed by atoms with Gasteiger partial charge in [-0.25, -0.2) is 8.42 Å². The first-order valence-corrected chi connectivity index (χ1v) is 11.1. The zero-order chi connectivity index (χ0) is 20.7. The fourth-order valence-corrected chi connectivity index (χ4v) is 5.98. The summed E-state index contributed by atoms with van der Waals surface area (Å²) in [5, 5.41) is -1.61. The minimum Gasteiger partial charge on any atom is -0.296 e. The van der Waals surface area contributed by atoms with Gasteiger partial charge in [-0.15, -0.1) is 0 Å². The number of hydrogen-bond donors (Lipinski definition) is 0. The van der Waals surface area contributed by atoms with Crippen molar-refractivity contribution in [2.75, 3.05) is 19.3 Å². The van der Waals surface area contributed by atoms with Crippen molar-refractivity contribution in [1.82, 2.24) is 4.90 Å². The average Bonchev–Trinajstić information content (AvgIpc) is 2.95. The maximum absolute atomic E-state index is 14.5. The van der Waals surface area contributed by atoms with Crippen molar-refractivity contribution in [1.29, 1.82) is 0 Å². The Labute approximate surface area is 172 Å². The third-order valence-corrected chi connectivity index (χ3v) is 7.12. The number of benzene rings is 2. The molecule has 0 aliphatic carbocycles. The lowest BCUT2D eigenvalue weighted by Gasteiger charge is -2.36. The predicted octanol–water partition coefficient (Wildman–Crippen LogP) is 4.72. The topological polar surface area (TPSA) is 37.4 Å². The number of alkyl halides is 3. The van der Waals surface area contributed by atoms with Crippen LogP contribution in [0.2, 0.25) is 10.0 Å². The fraction of sp³-hybridized carbons (Fsp3) is 0.368. The fourth-order valence-electron chi connectivity index (χ4n) is 3.90. The second kappa shape index (κ2) is 7.52. The average molecular weight is 452 g/mol. The first kappa shape index (κ1) is 21.4. The Morgan fingerprint density at radius 2 is 1.68 bits per heavy atom. The molecule has 2 aromatic carbocycles. The van der Waals surface area contributed by atoms with Gasteiger partial charge >= 0.3 is 6.18 Å². The highest BCUT2D eigenvalue weighted by molar-refractivity contribution is 7.91. The summed E-state index contributed by atoms with van der Waals surface area (Å²) in [6.45, 7) is -0.532. The van der Waals surface area contributed by atoms with Crippen LogP contribution >= 0.6 is 23.2 Å². The third-order valence-electron chi connectivity index (χ3n) is 5.10. The molecule has 1 heterocycles. The molecule has 28 heavy (non-hydrogen) atoms. The number of hydrogen-bond acceptors (Lipinski definition) is 3. The molecule has 3 nitrogen and oxygen atoms in total. The summed E-state index contributed by atoms with van der Waals surface area (Å²) in [5.74, 6) is 0. The van der Waals surface area contributed by atoms with E-state index in [9.17, 15) is 21.6 Å². The van der Waals surface area contributed by atoms with Crippen LogP contribution in [0.1, 0.15) is 11.1 Å². The summed E-state index contributed by atoms with van der Waals surface area (Å²) in [7, 11) is -4.04. The molecule has 0 radical (unpaired) electrons. The van der Waals surface area contributed by atoms with Gasteiger partial charge in [-0.05, 0) is 29.3 Å². The van der Waals surface area contributed by atoms with E-state index in [2.05, 4.69) is 0 Å². The van der Waals surface area contributed by atoms with E-state index in [1.165, 1.54) is 11.0 Å². The minimum atomic E-state index is -4.82. The minimum absolute atomic E-state index is 0.0277. The molecule has 1 aliphatic rings. The van der Waals surface area contributed by atoms with E-state index in [1.54, 1.807) is 30.3 Å². The van der Waals surface area contributed by atoms with Gasteiger partial charge in [0.05, 0.1) is 5.25 Å². The molecule has 2 aromatic rings. The van der Waals surface area contributed by atoms with Gasteiger partial charge in [-0.3, -0.25) is 4.90 Å². The molecule has 1 fully saturated rings. The van der Waals surface area contributed by atoms with Crippen molar-refractivity contribution in [2.45, 2.75) is 23.4 Å². The summed E-state index contributed by atoms with van der Waals surface area (Å²) in [6.07, 6.45) is -3.98. The Morgan fingerprint density at radius 3 is 2.18 bits per heavy atom. The number of likely N-dealkylation sites (tertiary alicyclic amines) is 1. The lowest BCUT2D eigenvalue weighted by Crippen LogP contribution is -2.54. The number of sulfone groups is 1. The summed E-state index contributed by atoms with van der Waals surface area (Å²) >= 11 is 11.9. The second-order valence-electron chi connectivity index (χ2n) is 7.10. The second-order valence-corrected chi connectivity index (χ2v) is 10.2. The van der Waals surface area contributed by atoms with E-state index in [0.29, 0.717) is 0 Å². The van der Waals surface area contributed by atoms with Gasteiger partial charge in [-0.2, -0.15) is 13.2 Å². The zero-order valence-electron chi connectivity index (χ0n) is 14.9. The Balaban J connectivity index is 2.14. The molecule has 1 saturated heterocycles. The van der Waals surface area contributed by atoms with Crippen molar-refractivity contribution in [3.63, 3.8) is 0 Å².